The van der Waals surface area contributed by atoms with Gasteiger partial charge in [-0.1, -0.05) is 6.07 Å². The number of rotatable bonds is 4. The van der Waals surface area contributed by atoms with E-state index in [2.05, 4.69) is 41.0 Å². The molecule has 4 nitrogen and oxygen atoms in total. The molecule has 0 N–H and O–H groups in total. The number of aryl methyl sites for hydroxylation is 1. The Kier molecular flexibility index (Phi) is 4.25. The fraction of sp³-hybridized carbons (Fsp3) is 0.444. The molecule has 4 rings (SSSR count). The fourth-order valence-electron chi connectivity index (χ4n) is 3.19. The first kappa shape index (κ1) is 15.0. The summed E-state index contributed by atoms with van der Waals surface area (Å²) in [5.41, 5.74) is 1.30. The van der Waals surface area contributed by atoms with Crippen molar-refractivity contribution >= 4 is 11.3 Å². The zero-order chi connectivity index (χ0) is 15.6. The van der Waals surface area contributed by atoms with Crippen molar-refractivity contribution in [1.82, 2.24) is 9.80 Å². The quantitative estimate of drug-likeness (QED) is 0.860. The third-order valence-electron chi connectivity index (χ3n) is 4.48. The van der Waals surface area contributed by atoms with Crippen molar-refractivity contribution in [3.05, 3.63) is 45.6 Å². The van der Waals surface area contributed by atoms with Crippen molar-refractivity contribution in [2.24, 2.45) is 0 Å². The molecule has 2 aromatic rings. The van der Waals surface area contributed by atoms with Crippen molar-refractivity contribution in [2.75, 3.05) is 33.0 Å². The van der Waals surface area contributed by atoms with Gasteiger partial charge in [-0.05, 0) is 36.8 Å². The molecule has 1 aromatic carbocycles. The zero-order valence-electron chi connectivity index (χ0n) is 13.5. The van der Waals surface area contributed by atoms with Crippen LogP contribution in [0.2, 0.25) is 0 Å². The van der Waals surface area contributed by atoms with Gasteiger partial charge in [-0.3, -0.25) is 9.80 Å². The Morgan fingerprint density at radius 1 is 0.913 bits per heavy atom. The Labute approximate surface area is 141 Å². The highest BCUT2D eigenvalue weighted by molar-refractivity contribution is 7.11. The van der Waals surface area contributed by atoms with Crippen LogP contribution in [0.3, 0.4) is 0 Å². The van der Waals surface area contributed by atoms with Crippen LogP contribution in [0, 0.1) is 6.92 Å². The first-order valence-corrected chi connectivity index (χ1v) is 8.96. The van der Waals surface area contributed by atoms with E-state index in [4.69, 9.17) is 9.47 Å². The number of hydrogen-bond acceptors (Lipinski definition) is 5. The summed E-state index contributed by atoms with van der Waals surface area (Å²) in [6, 6.07) is 10.8. The Morgan fingerprint density at radius 3 is 2.39 bits per heavy atom. The molecular weight excluding hydrogens is 308 g/mol. The van der Waals surface area contributed by atoms with Crippen LogP contribution < -0.4 is 9.47 Å². The van der Waals surface area contributed by atoms with Crippen LogP contribution in [0.15, 0.2) is 30.3 Å². The average Bonchev–Trinajstić information content (AvgIpc) is 3.17. The Hall–Kier alpha value is -1.56. The summed E-state index contributed by atoms with van der Waals surface area (Å²) < 4.78 is 10.8. The molecule has 1 aromatic heterocycles. The van der Waals surface area contributed by atoms with E-state index in [9.17, 15) is 0 Å². The van der Waals surface area contributed by atoms with Crippen molar-refractivity contribution in [1.29, 1.82) is 0 Å². The third-order valence-corrected chi connectivity index (χ3v) is 5.47. The highest BCUT2D eigenvalue weighted by atomic mass is 32.1. The van der Waals surface area contributed by atoms with Crippen LogP contribution in [0.4, 0.5) is 0 Å². The molecule has 2 aliphatic rings. The van der Waals surface area contributed by atoms with E-state index in [-0.39, 0.29) is 0 Å². The molecule has 0 aliphatic carbocycles. The number of ether oxygens (including phenoxy) is 2. The first-order chi connectivity index (χ1) is 11.3. The van der Waals surface area contributed by atoms with Crippen molar-refractivity contribution in [2.45, 2.75) is 20.0 Å². The van der Waals surface area contributed by atoms with Gasteiger partial charge in [0.05, 0.1) is 0 Å². The maximum absolute atomic E-state index is 5.47. The van der Waals surface area contributed by atoms with Crippen molar-refractivity contribution < 1.29 is 9.47 Å². The molecule has 0 saturated carbocycles. The lowest BCUT2D eigenvalue weighted by Crippen LogP contribution is -2.45. The van der Waals surface area contributed by atoms with Gasteiger partial charge in [0.15, 0.2) is 11.5 Å². The highest BCUT2D eigenvalue weighted by Gasteiger charge is 2.19. The van der Waals surface area contributed by atoms with Gasteiger partial charge in [0.1, 0.15) is 0 Å². The van der Waals surface area contributed by atoms with Gasteiger partial charge in [-0.2, -0.15) is 0 Å². The van der Waals surface area contributed by atoms with Crippen LogP contribution >= 0.6 is 11.3 Å². The molecule has 1 saturated heterocycles. The Bertz CT molecular complexity index is 677. The molecule has 1 fully saturated rings. The topological polar surface area (TPSA) is 24.9 Å². The van der Waals surface area contributed by atoms with Gasteiger partial charge in [0, 0.05) is 49.0 Å². The SMILES string of the molecule is Cc1ccc(CN2CCN(Cc3ccc4c(c3)OCO4)CC2)s1. The van der Waals surface area contributed by atoms with Crippen molar-refractivity contribution in [3.63, 3.8) is 0 Å². The molecule has 3 heterocycles. The van der Waals surface area contributed by atoms with Crippen molar-refractivity contribution in [3.8, 4) is 11.5 Å². The van der Waals surface area contributed by atoms with Crippen LogP contribution in [0.5, 0.6) is 11.5 Å². The second kappa shape index (κ2) is 6.51. The maximum atomic E-state index is 5.47. The number of fused-ring (bicyclic) bond motifs is 1. The second-order valence-corrected chi connectivity index (χ2v) is 7.62. The van der Waals surface area contributed by atoms with Gasteiger partial charge in [-0.15, -0.1) is 11.3 Å². The van der Waals surface area contributed by atoms with E-state index in [1.807, 2.05) is 17.4 Å². The molecule has 0 spiro atoms. The molecule has 5 heteroatoms. The minimum Gasteiger partial charge on any atom is -0.454 e. The van der Waals surface area contributed by atoms with Gasteiger partial charge < -0.3 is 9.47 Å². The largest absolute Gasteiger partial charge is 0.454 e. The second-order valence-electron chi connectivity index (χ2n) is 6.25. The summed E-state index contributed by atoms with van der Waals surface area (Å²) >= 11 is 1.92. The van der Waals surface area contributed by atoms with E-state index in [0.29, 0.717) is 6.79 Å². The van der Waals surface area contributed by atoms with E-state index in [0.717, 1.165) is 50.8 Å². The van der Waals surface area contributed by atoms with E-state index >= 15 is 0 Å². The zero-order valence-corrected chi connectivity index (χ0v) is 14.3. The minimum absolute atomic E-state index is 0.347. The number of benzene rings is 1. The molecule has 0 atom stereocenters. The number of piperazine rings is 1. The number of thiophene rings is 1. The summed E-state index contributed by atoms with van der Waals surface area (Å²) in [5.74, 6) is 1.75. The van der Waals surface area contributed by atoms with Crippen LogP contribution in [0.25, 0.3) is 0 Å². The molecular formula is C18H22N2O2S. The number of nitrogens with zero attached hydrogens (tertiary/aromatic N) is 2. The Balaban J connectivity index is 1.29. The van der Waals surface area contributed by atoms with Crippen LogP contribution in [0.1, 0.15) is 15.3 Å². The smallest absolute Gasteiger partial charge is 0.231 e. The Morgan fingerprint density at radius 2 is 1.65 bits per heavy atom. The molecule has 0 amide bonds. The number of hydrogen-bond donors (Lipinski definition) is 0. The molecule has 0 radical (unpaired) electrons. The molecule has 0 unspecified atom stereocenters. The summed E-state index contributed by atoms with van der Waals surface area (Å²) in [6.07, 6.45) is 0. The van der Waals surface area contributed by atoms with Crippen LogP contribution in [-0.4, -0.2) is 42.8 Å². The first-order valence-electron chi connectivity index (χ1n) is 8.15. The third kappa shape index (κ3) is 3.52. The molecule has 0 bridgehead atoms. The van der Waals surface area contributed by atoms with Crippen LogP contribution in [-0.2, 0) is 13.1 Å². The van der Waals surface area contributed by atoms with E-state index in [1.165, 1.54) is 15.3 Å². The van der Waals surface area contributed by atoms with Gasteiger partial charge >= 0.3 is 0 Å². The predicted octanol–water partition coefficient (Wildman–Crippen LogP) is 3.10. The summed E-state index contributed by atoms with van der Waals surface area (Å²) in [4.78, 5) is 7.96. The molecule has 122 valence electrons. The standard InChI is InChI=1S/C18H22N2O2S/c1-14-2-4-16(23-14)12-20-8-6-19(7-9-20)11-15-3-5-17-18(10-15)22-13-21-17/h2-5,10H,6-9,11-13H2,1H3. The lowest BCUT2D eigenvalue weighted by Gasteiger charge is -2.34. The van der Waals surface area contributed by atoms with Gasteiger partial charge in [0.25, 0.3) is 0 Å². The lowest BCUT2D eigenvalue weighted by atomic mass is 10.1. The maximum Gasteiger partial charge on any atom is 0.231 e. The molecule has 23 heavy (non-hydrogen) atoms. The van der Waals surface area contributed by atoms with Gasteiger partial charge in [0.2, 0.25) is 6.79 Å². The van der Waals surface area contributed by atoms with E-state index < -0.39 is 0 Å². The normalized spacial score (nSPS) is 18.5. The highest BCUT2D eigenvalue weighted by Crippen LogP contribution is 2.32. The van der Waals surface area contributed by atoms with E-state index in [1.54, 1.807) is 0 Å². The lowest BCUT2D eigenvalue weighted by molar-refractivity contribution is 0.122. The fourth-order valence-corrected chi connectivity index (χ4v) is 4.13. The summed E-state index contributed by atoms with van der Waals surface area (Å²) in [7, 11) is 0. The monoisotopic (exact) mass is 330 g/mol. The molecule has 2 aliphatic heterocycles. The average molecular weight is 330 g/mol. The predicted molar refractivity (Wildman–Crippen MR) is 92.2 cm³/mol. The minimum atomic E-state index is 0.347. The summed E-state index contributed by atoms with van der Waals surface area (Å²) in [5, 5.41) is 0. The summed E-state index contributed by atoms with van der Waals surface area (Å²) in [6.45, 7) is 9.14. The van der Waals surface area contributed by atoms with Gasteiger partial charge in [-0.25, -0.2) is 0 Å².